The molecular formula is C12H13N7O. The molecule has 0 aliphatic heterocycles. The summed E-state index contributed by atoms with van der Waals surface area (Å²) in [6.45, 7) is 0. The van der Waals surface area contributed by atoms with E-state index in [1.807, 2.05) is 18.2 Å². The zero-order valence-corrected chi connectivity index (χ0v) is 11.0. The van der Waals surface area contributed by atoms with Crippen molar-refractivity contribution in [3.05, 3.63) is 24.4 Å². The summed E-state index contributed by atoms with van der Waals surface area (Å²) in [7, 11) is 3.24. The highest BCUT2D eigenvalue weighted by molar-refractivity contribution is 5.82. The van der Waals surface area contributed by atoms with Crippen LogP contribution in [-0.2, 0) is 0 Å². The molecule has 2 aromatic heterocycles. The number of H-pyrrole nitrogens is 1. The Balaban J connectivity index is 1.92. The van der Waals surface area contributed by atoms with Gasteiger partial charge in [0.15, 0.2) is 0 Å². The predicted molar refractivity (Wildman–Crippen MR) is 75.3 cm³/mol. The quantitative estimate of drug-likeness (QED) is 0.661. The fourth-order valence-electron chi connectivity index (χ4n) is 1.77. The third kappa shape index (κ3) is 2.30. The molecule has 0 amide bonds. The minimum atomic E-state index is 0.247. The van der Waals surface area contributed by atoms with Gasteiger partial charge in [0.05, 0.1) is 18.8 Å². The molecule has 3 rings (SSSR count). The van der Waals surface area contributed by atoms with Gasteiger partial charge in [-0.25, -0.2) is 0 Å². The highest BCUT2D eigenvalue weighted by atomic mass is 16.5. The Kier molecular flexibility index (Phi) is 3.04. The van der Waals surface area contributed by atoms with Gasteiger partial charge in [-0.05, 0) is 18.2 Å². The maximum absolute atomic E-state index is 5.04. The van der Waals surface area contributed by atoms with E-state index < -0.39 is 0 Å². The van der Waals surface area contributed by atoms with E-state index in [4.69, 9.17) is 4.74 Å². The Labute approximate surface area is 114 Å². The maximum atomic E-state index is 5.04. The maximum Gasteiger partial charge on any atom is 0.322 e. The lowest BCUT2D eigenvalue weighted by molar-refractivity contribution is 0.379. The third-order valence-corrected chi connectivity index (χ3v) is 2.72. The van der Waals surface area contributed by atoms with Crippen molar-refractivity contribution in [2.75, 3.05) is 24.8 Å². The first kappa shape index (κ1) is 12.2. The SMILES string of the molecule is CNc1nc(Nc2ccc3[nH]ncc3c2)nc(OC)n1. The second kappa shape index (κ2) is 5.00. The molecule has 0 saturated carbocycles. The second-order valence-corrected chi connectivity index (χ2v) is 4.02. The van der Waals surface area contributed by atoms with Gasteiger partial charge in [0, 0.05) is 18.1 Å². The number of hydrogen-bond donors (Lipinski definition) is 3. The molecule has 0 fully saturated rings. The van der Waals surface area contributed by atoms with Crippen molar-refractivity contribution in [2.45, 2.75) is 0 Å². The molecule has 1 aromatic carbocycles. The average Bonchev–Trinajstić information content (AvgIpc) is 2.94. The number of aromatic amines is 1. The van der Waals surface area contributed by atoms with Crippen LogP contribution in [0.25, 0.3) is 10.9 Å². The largest absolute Gasteiger partial charge is 0.467 e. The van der Waals surface area contributed by atoms with Crippen LogP contribution in [0.2, 0.25) is 0 Å². The summed E-state index contributed by atoms with van der Waals surface area (Å²) in [5.41, 5.74) is 1.83. The molecule has 0 atom stereocenters. The third-order valence-electron chi connectivity index (χ3n) is 2.72. The molecule has 0 aliphatic carbocycles. The number of rotatable bonds is 4. The summed E-state index contributed by atoms with van der Waals surface area (Å²) in [6, 6.07) is 6.04. The normalized spacial score (nSPS) is 10.5. The van der Waals surface area contributed by atoms with Crippen LogP contribution in [0.5, 0.6) is 6.01 Å². The molecule has 3 aromatic rings. The molecule has 8 heteroatoms. The number of fused-ring (bicyclic) bond motifs is 1. The number of hydrogen-bond acceptors (Lipinski definition) is 7. The number of ether oxygens (including phenoxy) is 1. The van der Waals surface area contributed by atoms with Crippen molar-refractivity contribution in [1.29, 1.82) is 0 Å². The molecule has 3 N–H and O–H groups in total. The summed E-state index contributed by atoms with van der Waals surface area (Å²) >= 11 is 0. The van der Waals surface area contributed by atoms with E-state index in [0.717, 1.165) is 16.6 Å². The summed E-state index contributed by atoms with van der Waals surface area (Å²) in [5, 5.41) is 13.9. The summed E-state index contributed by atoms with van der Waals surface area (Å²) in [5.74, 6) is 0.841. The lowest BCUT2D eigenvalue weighted by atomic mass is 10.2. The zero-order chi connectivity index (χ0) is 13.9. The monoisotopic (exact) mass is 271 g/mol. The fraction of sp³-hybridized carbons (Fsp3) is 0.167. The van der Waals surface area contributed by atoms with Gasteiger partial charge in [-0.3, -0.25) is 5.10 Å². The van der Waals surface area contributed by atoms with Crippen LogP contribution in [0.15, 0.2) is 24.4 Å². The van der Waals surface area contributed by atoms with Gasteiger partial charge in [0.2, 0.25) is 11.9 Å². The smallest absolute Gasteiger partial charge is 0.322 e. The summed E-state index contributed by atoms with van der Waals surface area (Å²) in [6.07, 6.45) is 1.76. The lowest BCUT2D eigenvalue weighted by Gasteiger charge is -2.07. The van der Waals surface area contributed by atoms with E-state index in [1.54, 1.807) is 13.2 Å². The summed E-state index contributed by atoms with van der Waals surface area (Å²) < 4.78 is 5.04. The predicted octanol–water partition coefficient (Wildman–Crippen LogP) is 1.54. The lowest BCUT2D eigenvalue weighted by Crippen LogP contribution is -2.05. The molecule has 8 nitrogen and oxygen atoms in total. The molecular weight excluding hydrogens is 258 g/mol. The molecule has 0 spiro atoms. The zero-order valence-electron chi connectivity index (χ0n) is 11.0. The number of nitrogens with one attached hydrogen (secondary N) is 3. The van der Waals surface area contributed by atoms with E-state index in [-0.39, 0.29) is 6.01 Å². The van der Waals surface area contributed by atoms with Crippen LogP contribution in [0.1, 0.15) is 0 Å². The van der Waals surface area contributed by atoms with Crippen molar-refractivity contribution in [1.82, 2.24) is 25.1 Å². The first-order chi connectivity index (χ1) is 9.78. The minimum Gasteiger partial charge on any atom is -0.467 e. The van der Waals surface area contributed by atoms with Crippen molar-refractivity contribution < 1.29 is 4.74 Å². The number of anilines is 3. The Morgan fingerprint density at radius 3 is 2.80 bits per heavy atom. The van der Waals surface area contributed by atoms with Gasteiger partial charge in [-0.15, -0.1) is 0 Å². The minimum absolute atomic E-state index is 0.247. The van der Waals surface area contributed by atoms with Gasteiger partial charge in [-0.2, -0.15) is 20.1 Å². The Bertz CT molecular complexity index is 717. The first-order valence-electron chi connectivity index (χ1n) is 5.96. The highest BCUT2D eigenvalue weighted by Crippen LogP contribution is 2.20. The topological polar surface area (TPSA) is 101 Å². The average molecular weight is 271 g/mol. The van der Waals surface area contributed by atoms with E-state index in [9.17, 15) is 0 Å². The van der Waals surface area contributed by atoms with Crippen molar-refractivity contribution >= 4 is 28.5 Å². The van der Waals surface area contributed by atoms with Crippen molar-refractivity contribution in [2.24, 2.45) is 0 Å². The van der Waals surface area contributed by atoms with Gasteiger partial charge in [0.25, 0.3) is 0 Å². The molecule has 0 aliphatic rings. The van der Waals surface area contributed by atoms with Gasteiger partial charge < -0.3 is 15.4 Å². The van der Waals surface area contributed by atoms with Crippen LogP contribution in [-0.4, -0.2) is 39.3 Å². The standard InChI is InChI=1S/C12H13N7O/c1-13-10-16-11(18-12(17-10)20-2)15-8-3-4-9-7(5-8)6-14-19-9/h3-6H,1-2H3,(H,14,19)(H2,13,15,16,17,18). The molecule has 20 heavy (non-hydrogen) atoms. The molecule has 102 valence electrons. The Morgan fingerprint density at radius 2 is 2.00 bits per heavy atom. The highest BCUT2D eigenvalue weighted by Gasteiger charge is 2.06. The molecule has 0 unspecified atom stereocenters. The van der Waals surface area contributed by atoms with Crippen molar-refractivity contribution in [3.63, 3.8) is 0 Å². The van der Waals surface area contributed by atoms with Crippen LogP contribution >= 0.6 is 0 Å². The number of nitrogens with zero attached hydrogens (tertiary/aromatic N) is 4. The summed E-state index contributed by atoms with van der Waals surface area (Å²) in [4.78, 5) is 12.4. The van der Waals surface area contributed by atoms with Crippen molar-refractivity contribution in [3.8, 4) is 6.01 Å². The van der Waals surface area contributed by atoms with Crippen LogP contribution in [0.3, 0.4) is 0 Å². The van der Waals surface area contributed by atoms with Crippen LogP contribution in [0, 0.1) is 0 Å². The number of aromatic nitrogens is 5. The molecule has 0 saturated heterocycles. The van der Waals surface area contributed by atoms with E-state index >= 15 is 0 Å². The van der Waals surface area contributed by atoms with Gasteiger partial charge >= 0.3 is 6.01 Å². The van der Waals surface area contributed by atoms with Crippen LogP contribution < -0.4 is 15.4 Å². The molecule has 0 radical (unpaired) electrons. The number of benzene rings is 1. The molecule has 0 bridgehead atoms. The van der Waals surface area contributed by atoms with Gasteiger partial charge in [-0.1, -0.05) is 0 Å². The number of methoxy groups -OCH3 is 1. The van der Waals surface area contributed by atoms with Crippen LogP contribution in [0.4, 0.5) is 17.6 Å². The molecule has 2 heterocycles. The van der Waals surface area contributed by atoms with Gasteiger partial charge in [0.1, 0.15) is 0 Å². The fourth-order valence-corrected chi connectivity index (χ4v) is 1.77. The van der Waals surface area contributed by atoms with E-state index in [0.29, 0.717) is 11.9 Å². The Morgan fingerprint density at radius 1 is 1.15 bits per heavy atom. The van der Waals surface area contributed by atoms with E-state index in [1.165, 1.54) is 7.11 Å². The first-order valence-corrected chi connectivity index (χ1v) is 5.96. The second-order valence-electron chi connectivity index (χ2n) is 4.02. The van der Waals surface area contributed by atoms with E-state index in [2.05, 4.69) is 35.8 Å². The Hall–Kier alpha value is -2.90.